The number of morpholine rings is 1. The number of halogens is 2. The van der Waals surface area contributed by atoms with Crippen LogP contribution >= 0.6 is 0 Å². The molecule has 0 N–H and O–H groups in total. The van der Waals surface area contributed by atoms with Gasteiger partial charge < -0.3 is 14.4 Å². The molecule has 0 radical (unpaired) electrons. The van der Waals surface area contributed by atoms with Crippen LogP contribution in [0.3, 0.4) is 0 Å². The van der Waals surface area contributed by atoms with E-state index >= 15 is 0 Å². The Bertz CT molecular complexity index is 1430. The third-order valence-electron chi connectivity index (χ3n) is 7.32. The Hall–Kier alpha value is -4.15. The molecule has 41 heavy (non-hydrogen) atoms. The molecule has 8 nitrogen and oxygen atoms in total. The number of amides is 2. The number of hydrogen-bond acceptors (Lipinski definition) is 6. The number of methoxy groups -OCH3 is 1. The fourth-order valence-electron chi connectivity index (χ4n) is 5.16. The number of nitrogens with zero attached hydrogens (tertiary/aromatic N) is 4. The maximum absolute atomic E-state index is 14.8. The number of carbonyl (C=O) groups is 2. The highest BCUT2D eigenvalue weighted by atomic mass is 19.1. The Balaban J connectivity index is 1.45. The minimum atomic E-state index is -0.571. The summed E-state index contributed by atoms with van der Waals surface area (Å²) in [5.41, 5.74) is 1.60. The van der Waals surface area contributed by atoms with Crippen molar-refractivity contribution in [2.45, 2.75) is 12.5 Å². The summed E-state index contributed by atoms with van der Waals surface area (Å²) in [6.45, 7) is 3.11. The average Bonchev–Trinajstić information content (AvgIpc) is 3.45. The first-order chi connectivity index (χ1) is 19.9. The summed E-state index contributed by atoms with van der Waals surface area (Å²) in [6.07, 6.45) is 0.263. The van der Waals surface area contributed by atoms with E-state index in [1.807, 2.05) is 18.2 Å². The minimum Gasteiger partial charge on any atom is -0.496 e. The van der Waals surface area contributed by atoms with Crippen LogP contribution in [0.5, 0.6) is 5.75 Å². The minimum absolute atomic E-state index is 0.151. The van der Waals surface area contributed by atoms with Gasteiger partial charge in [-0.3, -0.25) is 14.5 Å². The summed E-state index contributed by atoms with van der Waals surface area (Å²) < 4.78 is 39.7. The average molecular weight is 563 g/mol. The molecular formula is C31H32F2N4O4. The van der Waals surface area contributed by atoms with Gasteiger partial charge in [0.25, 0.3) is 11.8 Å². The molecular weight excluding hydrogens is 530 g/mol. The second-order valence-electron chi connectivity index (χ2n) is 9.92. The zero-order valence-corrected chi connectivity index (χ0v) is 22.8. The van der Waals surface area contributed by atoms with Gasteiger partial charge in [-0.25, -0.2) is 13.8 Å². The van der Waals surface area contributed by atoms with Gasteiger partial charge in [0.05, 0.1) is 32.1 Å². The zero-order chi connectivity index (χ0) is 28.8. The van der Waals surface area contributed by atoms with Crippen LogP contribution in [0.15, 0.2) is 77.9 Å². The van der Waals surface area contributed by atoms with Crippen LogP contribution in [-0.4, -0.2) is 85.4 Å². The SMILES string of the molecule is COc1ccccc1C1CC(c2ccccc2F)=NN1C(=O)CN(CCN1CCOCC1)C(=O)c1cccc(F)c1. The molecule has 2 amide bonds. The number of hydrazone groups is 1. The molecule has 3 aromatic rings. The summed E-state index contributed by atoms with van der Waals surface area (Å²) >= 11 is 0. The number of carbonyl (C=O) groups excluding carboxylic acids is 2. The van der Waals surface area contributed by atoms with Crippen LogP contribution in [0, 0.1) is 11.6 Å². The van der Waals surface area contributed by atoms with E-state index in [4.69, 9.17) is 9.47 Å². The molecule has 1 atom stereocenters. The first-order valence-corrected chi connectivity index (χ1v) is 13.6. The fourth-order valence-corrected chi connectivity index (χ4v) is 5.16. The Morgan fingerprint density at radius 1 is 1.02 bits per heavy atom. The van der Waals surface area contributed by atoms with Crippen LogP contribution in [-0.2, 0) is 9.53 Å². The summed E-state index contributed by atoms with van der Waals surface area (Å²) in [5.74, 6) is -1.31. The molecule has 2 heterocycles. The van der Waals surface area contributed by atoms with Crippen molar-refractivity contribution < 1.29 is 27.8 Å². The monoisotopic (exact) mass is 562 g/mol. The quantitative estimate of drug-likeness (QED) is 0.392. The molecule has 0 aliphatic carbocycles. The van der Waals surface area contributed by atoms with E-state index in [-0.39, 0.29) is 25.1 Å². The largest absolute Gasteiger partial charge is 0.496 e. The molecule has 0 aromatic heterocycles. The van der Waals surface area contributed by atoms with Crippen molar-refractivity contribution in [2.75, 3.05) is 53.0 Å². The lowest BCUT2D eigenvalue weighted by Crippen LogP contribution is -2.46. The lowest BCUT2D eigenvalue weighted by Gasteiger charge is -2.31. The topological polar surface area (TPSA) is 74.7 Å². The molecule has 1 fully saturated rings. The molecule has 0 spiro atoms. The summed E-state index contributed by atoms with van der Waals surface area (Å²) in [6, 6.07) is 18.4. The van der Waals surface area contributed by atoms with Crippen molar-refractivity contribution in [3.05, 3.63) is 101 Å². The highest BCUT2D eigenvalue weighted by Gasteiger charge is 2.36. The van der Waals surface area contributed by atoms with Gasteiger partial charge in [0.2, 0.25) is 0 Å². The van der Waals surface area contributed by atoms with Crippen LogP contribution in [0.2, 0.25) is 0 Å². The van der Waals surface area contributed by atoms with Gasteiger partial charge in [-0.1, -0.05) is 42.5 Å². The second kappa shape index (κ2) is 13.0. The summed E-state index contributed by atoms with van der Waals surface area (Å²) in [7, 11) is 1.55. The van der Waals surface area contributed by atoms with E-state index in [1.165, 1.54) is 34.2 Å². The first-order valence-electron chi connectivity index (χ1n) is 13.6. The predicted molar refractivity (Wildman–Crippen MR) is 150 cm³/mol. The molecule has 10 heteroatoms. The van der Waals surface area contributed by atoms with Crippen molar-refractivity contribution in [2.24, 2.45) is 5.10 Å². The molecule has 214 valence electrons. The Morgan fingerprint density at radius 2 is 1.78 bits per heavy atom. The second-order valence-corrected chi connectivity index (χ2v) is 9.92. The molecule has 5 rings (SSSR count). The number of benzene rings is 3. The van der Waals surface area contributed by atoms with Crippen molar-refractivity contribution in [3.8, 4) is 5.75 Å². The van der Waals surface area contributed by atoms with E-state index < -0.39 is 29.5 Å². The van der Waals surface area contributed by atoms with Gasteiger partial charge in [0, 0.05) is 49.3 Å². The Labute approximate surface area is 237 Å². The van der Waals surface area contributed by atoms with Crippen molar-refractivity contribution in [3.63, 3.8) is 0 Å². The maximum atomic E-state index is 14.8. The number of para-hydroxylation sites is 1. The van der Waals surface area contributed by atoms with Crippen molar-refractivity contribution in [1.82, 2.24) is 14.8 Å². The Kier molecular flexibility index (Phi) is 9.01. The molecule has 1 saturated heterocycles. The van der Waals surface area contributed by atoms with Gasteiger partial charge in [0.1, 0.15) is 23.9 Å². The lowest BCUT2D eigenvalue weighted by atomic mass is 9.97. The van der Waals surface area contributed by atoms with Crippen LogP contribution in [0.25, 0.3) is 0 Å². The number of hydrogen-bond donors (Lipinski definition) is 0. The zero-order valence-electron chi connectivity index (χ0n) is 22.8. The van der Waals surface area contributed by atoms with Crippen LogP contribution < -0.4 is 4.74 Å². The van der Waals surface area contributed by atoms with E-state index in [9.17, 15) is 18.4 Å². The molecule has 1 unspecified atom stereocenters. The van der Waals surface area contributed by atoms with Crippen LogP contribution in [0.4, 0.5) is 8.78 Å². The normalized spacial score (nSPS) is 17.3. The van der Waals surface area contributed by atoms with Crippen molar-refractivity contribution >= 4 is 17.5 Å². The first kappa shape index (κ1) is 28.4. The van der Waals surface area contributed by atoms with E-state index in [1.54, 1.807) is 31.4 Å². The highest BCUT2D eigenvalue weighted by molar-refractivity contribution is 6.04. The van der Waals surface area contributed by atoms with E-state index in [0.29, 0.717) is 49.9 Å². The standard InChI is InChI=1S/C31H32F2N4O4/c1-40-29-12-5-3-10-25(29)28-20-27(24-9-2-4-11-26(24)33)34-37(28)30(38)21-36(14-13-35-15-17-41-18-16-35)31(39)22-7-6-8-23(32)19-22/h2-12,19,28H,13-18,20-21H2,1H3. The molecule has 0 saturated carbocycles. The molecule has 2 aliphatic rings. The predicted octanol–water partition coefficient (Wildman–Crippen LogP) is 4.13. The molecule has 2 aliphatic heterocycles. The van der Waals surface area contributed by atoms with E-state index in [0.717, 1.165) is 11.6 Å². The highest BCUT2D eigenvalue weighted by Crippen LogP contribution is 2.37. The fraction of sp³-hybridized carbons (Fsp3) is 0.323. The third kappa shape index (κ3) is 6.61. The van der Waals surface area contributed by atoms with Gasteiger partial charge in [-0.05, 0) is 30.3 Å². The third-order valence-corrected chi connectivity index (χ3v) is 7.32. The van der Waals surface area contributed by atoms with E-state index in [2.05, 4.69) is 10.0 Å². The Morgan fingerprint density at radius 3 is 2.54 bits per heavy atom. The number of ether oxygens (including phenoxy) is 2. The molecule has 0 bridgehead atoms. The van der Waals surface area contributed by atoms with Gasteiger partial charge >= 0.3 is 0 Å². The van der Waals surface area contributed by atoms with Gasteiger partial charge in [-0.2, -0.15) is 5.10 Å². The number of rotatable bonds is 9. The maximum Gasteiger partial charge on any atom is 0.262 e. The smallest absolute Gasteiger partial charge is 0.262 e. The summed E-state index contributed by atoms with van der Waals surface area (Å²) in [4.78, 5) is 31.1. The van der Waals surface area contributed by atoms with Crippen LogP contribution in [0.1, 0.15) is 33.9 Å². The lowest BCUT2D eigenvalue weighted by molar-refractivity contribution is -0.133. The van der Waals surface area contributed by atoms with Gasteiger partial charge in [0.15, 0.2) is 0 Å². The van der Waals surface area contributed by atoms with Gasteiger partial charge in [-0.15, -0.1) is 0 Å². The molecule has 3 aromatic carbocycles. The van der Waals surface area contributed by atoms with Crippen molar-refractivity contribution in [1.29, 1.82) is 0 Å². The summed E-state index contributed by atoms with van der Waals surface area (Å²) in [5, 5.41) is 5.90.